The minimum Gasteiger partial charge on any atom is -0.306 e. The second-order valence-electron chi connectivity index (χ2n) is 1.67. The van der Waals surface area contributed by atoms with Crippen LogP contribution in [0.25, 0.3) is 5.65 Å². The highest BCUT2D eigenvalue weighted by molar-refractivity contribution is 9.10. The van der Waals surface area contributed by atoms with E-state index in [9.17, 15) is 0 Å². The quantitative estimate of drug-likeness (QED) is 0.639. The Kier molecular flexibility index (Phi) is 0.556. The van der Waals surface area contributed by atoms with Crippen molar-refractivity contribution in [1.29, 1.82) is 0 Å². The lowest BCUT2D eigenvalue weighted by atomic mass is 10.5. The number of nitrogens with zero attached hydrogens (tertiary/aromatic N) is 2. The molecule has 0 aliphatic heterocycles. The van der Waals surface area contributed by atoms with Gasteiger partial charge in [-0.05, 0) is 28.0 Å². The van der Waals surface area contributed by atoms with E-state index in [0.717, 1.165) is 4.40 Å². The summed E-state index contributed by atoms with van der Waals surface area (Å²) >= 11 is 3.01. The van der Waals surface area contributed by atoms with Crippen molar-refractivity contribution in [3.8, 4) is 0 Å². The van der Waals surface area contributed by atoms with E-state index in [0.29, 0.717) is 0 Å². The van der Waals surface area contributed by atoms with E-state index in [4.69, 9.17) is 6.85 Å². The normalized spacial score (nSPS) is 17.5. The number of imidazole rings is 1. The summed E-state index contributed by atoms with van der Waals surface area (Å²) in [5, 5.41) is 0. The Morgan fingerprint density at radius 3 is 3.40 bits per heavy atom. The van der Waals surface area contributed by atoms with E-state index >= 15 is 0 Å². The van der Waals surface area contributed by atoms with Gasteiger partial charge in [-0.2, -0.15) is 0 Å². The Morgan fingerprint density at radius 1 is 1.60 bits per heavy atom. The maximum Gasteiger partial charge on any atom is 0.136 e. The summed E-state index contributed by atoms with van der Waals surface area (Å²) in [7, 11) is 0. The van der Waals surface area contributed by atoms with Gasteiger partial charge in [0.2, 0.25) is 0 Å². The molecule has 0 saturated heterocycles. The van der Waals surface area contributed by atoms with Crippen molar-refractivity contribution in [3.05, 3.63) is 35.1 Å². The lowest BCUT2D eigenvalue weighted by molar-refractivity contribution is 1.17. The first-order valence-electron chi connectivity index (χ1n) is 5.06. The Balaban J connectivity index is 3.07. The van der Waals surface area contributed by atoms with Gasteiger partial charge in [0.1, 0.15) is 5.65 Å². The predicted octanol–water partition coefficient (Wildman–Crippen LogP) is 2.10. The number of fused-ring (bicyclic) bond motifs is 1. The highest BCUT2D eigenvalue weighted by atomic mass is 79.9. The van der Waals surface area contributed by atoms with E-state index in [1.165, 1.54) is 0 Å². The smallest absolute Gasteiger partial charge is 0.136 e. The third-order valence-electron chi connectivity index (χ3n) is 1.03. The fourth-order valence-electron chi connectivity index (χ4n) is 0.633. The van der Waals surface area contributed by atoms with Crippen LogP contribution in [0.15, 0.2) is 35.1 Å². The lowest BCUT2D eigenvalue weighted by Crippen LogP contribution is -1.80. The van der Waals surface area contributed by atoms with E-state index in [1.54, 1.807) is 0 Å². The second kappa shape index (κ2) is 2.09. The molecule has 2 rings (SSSR count). The van der Waals surface area contributed by atoms with Gasteiger partial charge < -0.3 is 4.40 Å². The van der Waals surface area contributed by atoms with E-state index in [2.05, 4.69) is 20.9 Å². The summed E-state index contributed by atoms with van der Waals surface area (Å²) in [6.45, 7) is 0. The number of pyridine rings is 1. The highest BCUT2D eigenvalue weighted by Crippen LogP contribution is 2.09. The molecule has 0 aromatic carbocycles. The summed E-state index contributed by atoms with van der Waals surface area (Å²) in [6.07, 6.45) is -0.680. The molecule has 2 heterocycles. The summed E-state index contributed by atoms with van der Waals surface area (Å²) < 4.78 is 38.8. The third-order valence-corrected chi connectivity index (χ3v) is 1.40. The molecule has 0 bridgehead atoms. The van der Waals surface area contributed by atoms with Crippen LogP contribution >= 0.6 is 15.9 Å². The molecule has 0 N–H and O–H groups in total. The number of aromatic nitrogens is 2. The van der Waals surface area contributed by atoms with Crippen LogP contribution in [0.1, 0.15) is 6.85 Å². The Morgan fingerprint density at radius 2 is 2.50 bits per heavy atom. The van der Waals surface area contributed by atoms with Crippen molar-refractivity contribution < 1.29 is 6.85 Å². The molecule has 0 aliphatic carbocycles. The Hall–Kier alpha value is -0.830. The molecule has 0 saturated carbocycles. The number of hydrogen-bond acceptors (Lipinski definition) is 1. The topological polar surface area (TPSA) is 17.3 Å². The van der Waals surface area contributed by atoms with Gasteiger partial charge in [0, 0.05) is 23.0 Å². The fraction of sp³-hybridized carbons (Fsp3) is 0. The van der Waals surface area contributed by atoms with Crippen LogP contribution in [0.4, 0.5) is 0 Å². The van der Waals surface area contributed by atoms with Gasteiger partial charge >= 0.3 is 0 Å². The summed E-state index contributed by atoms with van der Waals surface area (Å²) in [4.78, 5) is 3.67. The van der Waals surface area contributed by atoms with Gasteiger partial charge in [-0.15, -0.1) is 0 Å². The molecule has 0 atom stereocenters. The van der Waals surface area contributed by atoms with Gasteiger partial charge in [-0.25, -0.2) is 4.98 Å². The molecular weight excluding hydrogens is 192 g/mol. The van der Waals surface area contributed by atoms with Gasteiger partial charge in [-0.1, -0.05) is 0 Å². The minimum absolute atomic E-state index is 0.00296. The molecule has 10 heavy (non-hydrogen) atoms. The molecule has 0 aliphatic rings. The van der Waals surface area contributed by atoms with Crippen molar-refractivity contribution in [2.24, 2.45) is 0 Å². The monoisotopic (exact) mass is 201 g/mol. The first kappa shape index (κ1) is 2.66. The predicted molar refractivity (Wildman–Crippen MR) is 42.9 cm³/mol. The van der Waals surface area contributed by atoms with E-state index in [1.807, 2.05) is 0 Å². The molecule has 0 radical (unpaired) electrons. The van der Waals surface area contributed by atoms with Gasteiger partial charge in [-0.3, -0.25) is 0 Å². The number of rotatable bonds is 0. The Bertz CT molecular complexity index is 564. The first-order chi connectivity index (χ1) is 6.95. The zero-order valence-electron chi connectivity index (χ0n) is 9.77. The van der Waals surface area contributed by atoms with Crippen molar-refractivity contribution in [3.63, 3.8) is 0 Å². The van der Waals surface area contributed by atoms with Crippen LogP contribution in [-0.2, 0) is 0 Å². The van der Waals surface area contributed by atoms with E-state index in [-0.39, 0.29) is 40.7 Å². The molecule has 0 amide bonds. The summed E-state index contributed by atoms with van der Waals surface area (Å²) in [5.41, 5.74) is 0.00296. The maximum atomic E-state index is 7.65. The fourth-order valence-corrected chi connectivity index (χ4v) is 0.909. The van der Waals surface area contributed by atoms with Crippen LogP contribution in [0.2, 0.25) is 0 Å². The van der Waals surface area contributed by atoms with Crippen molar-refractivity contribution in [2.75, 3.05) is 0 Å². The standard InChI is InChI=1S/C7H5BrN2/c8-6-1-2-7-9-3-4-10(7)5-6/h1-5H/i1D,2D,3D,4D,5D. The summed E-state index contributed by atoms with van der Waals surface area (Å²) in [5.74, 6) is 0. The summed E-state index contributed by atoms with van der Waals surface area (Å²) in [6, 6.07) is -0.345. The molecule has 3 heteroatoms. The molecule has 2 aromatic rings. The zero-order valence-corrected chi connectivity index (χ0v) is 6.36. The van der Waals surface area contributed by atoms with Gasteiger partial charge in [0.05, 0.1) is 6.85 Å². The lowest BCUT2D eigenvalue weighted by Gasteiger charge is -1.91. The molecule has 50 valence electrons. The molecule has 2 nitrogen and oxygen atoms in total. The second-order valence-corrected chi connectivity index (χ2v) is 2.46. The number of halogens is 1. The first-order valence-corrected chi connectivity index (χ1v) is 3.35. The van der Waals surface area contributed by atoms with Crippen LogP contribution in [0.3, 0.4) is 0 Å². The van der Waals surface area contributed by atoms with Crippen LogP contribution in [-0.4, -0.2) is 9.38 Å². The van der Waals surface area contributed by atoms with Crippen molar-refractivity contribution in [1.82, 2.24) is 9.38 Å². The van der Waals surface area contributed by atoms with Gasteiger partial charge in [0.25, 0.3) is 0 Å². The third kappa shape index (κ3) is 0.827. The average Bonchev–Trinajstić information content (AvgIpc) is 2.50. The minimum atomic E-state index is -0.297. The van der Waals surface area contributed by atoms with Crippen LogP contribution in [0, 0.1) is 0 Å². The Labute approximate surface area is 73.7 Å². The SMILES string of the molecule is [2H]c1nc2c([2H])c([2H])c(Br)c([2H])n2c1[2H]. The van der Waals surface area contributed by atoms with Crippen LogP contribution in [0.5, 0.6) is 0 Å². The van der Waals surface area contributed by atoms with Gasteiger partial charge in [0.15, 0.2) is 0 Å². The molecular formula is C7H5BrN2. The van der Waals surface area contributed by atoms with E-state index < -0.39 is 0 Å². The zero-order chi connectivity index (χ0) is 11.3. The maximum absolute atomic E-state index is 7.65. The molecule has 0 fully saturated rings. The van der Waals surface area contributed by atoms with Crippen LogP contribution < -0.4 is 0 Å². The highest BCUT2D eigenvalue weighted by Gasteiger charge is 1.91. The van der Waals surface area contributed by atoms with Crippen molar-refractivity contribution >= 4 is 21.6 Å². The average molecular weight is 202 g/mol. The number of hydrogen-bond donors (Lipinski definition) is 0. The molecule has 0 spiro atoms. The molecule has 0 unspecified atom stereocenters. The molecule has 2 aromatic heterocycles. The van der Waals surface area contributed by atoms with Crippen molar-refractivity contribution in [2.45, 2.75) is 0 Å². The largest absolute Gasteiger partial charge is 0.306 e.